The third-order valence-corrected chi connectivity index (χ3v) is 2.69. The maximum atomic E-state index is 5.76. The fourth-order valence-corrected chi connectivity index (χ4v) is 1.87. The van der Waals surface area contributed by atoms with E-state index in [2.05, 4.69) is 5.32 Å². The van der Waals surface area contributed by atoms with Gasteiger partial charge in [-0.15, -0.1) is 11.3 Å². The highest BCUT2D eigenvalue weighted by atomic mass is 35.5. The minimum Gasteiger partial charge on any atom is -0.383 e. The third-order valence-electron chi connectivity index (χ3n) is 1.40. The summed E-state index contributed by atoms with van der Waals surface area (Å²) in [6.07, 6.45) is 0. The Kier molecular flexibility index (Phi) is 4.61. The van der Waals surface area contributed by atoms with Crippen molar-refractivity contribution in [1.29, 1.82) is 0 Å². The Labute approximate surface area is 81.5 Å². The van der Waals surface area contributed by atoms with Crippen molar-refractivity contribution < 1.29 is 4.74 Å². The monoisotopic (exact) mass is 205 g/mol. The summed E-state index contributed by atoms with van der Waals surface area (Å²) in [5, 5.41) is 6.00. The van der Waals surface area contributed by atoms with Crippen LogP contribution in [-0.2, 0) is 11.3 Å². The average molecular weight is 206 g/mol. The van der Waals surface area contributed by atoms with Crippen LogP contribution in [-0.4, -0.2) is 20.3 Å². The van der Waals surface area contributed by atoms with Gasteiger partial charge in [0.15, 0.2) is 0 Å². The first-order valence-electron chi connectivity index (χ1n) is 3.75. The highest BCUT2D eigenvalue weighted by Crippen LogP contribution is 2.18. The topological polar surface area (TPSA) is 21.3 Å². The lowest BCUT2D eigenvalue weighted by molar-refractivity contribution is 0.199. The molecule has 1 aromatic rings. The van der Waals surface area contributed by atoms with E-state index in [4.69, 9.17) is 16.3 Å². The molecule has 0 saturated heterocycles. The van der Waals surface area contributed by atoms with Gasteiger partial charge in [0, 0.05) is 30.5 Å². The molecule has 0 unspecified atom stereocenters. The molecule has 2 nitrogen and oxygen atoms in total. The highest BCUT2D eigenvalue weighted by Gasteiger charge is 1.95. The van der Waals surface area contributed by atoms with Gasteiger partial charge in [-0.2, -0.15) is 0 Å². The number of rotatable bonds is 5. The zero-order valence-corrected chi connectivity index (χ0v) is 8.54. The summed E-state index contributed by atoms with van der Waals surface area (Å²) in [6.45, 7) is 2.51. The van der Waals surface area contributed by atoms with Crippen LogP contribution in [0.25, 0.3) is 0 Å². The molecule has 4 heteroatoms. The first-order valence-corrected chi connectivity index (χ1v) is 5.01. The molecule has 1 rings (SSSR count). The van der Waals surface area contributed by atoms with E-state index >= 15 is 0 Å². The van der Waals surface area contributed by atoms with Gasteiger partial charge in [0.2, 0.25) is 0 Å². The molecule has 12 heavy (non-hydrogen) atoms. The van der Waals surface area contributed by atoms with Crippen LogP contribution in [0.3, 0.4) is 0 Å². The molecule has 0 aromatic carbocycles. The van der Waals surface area contributed by atoms with Gasteiger partial charge < -0.3 is 10.1 Å². The Morgan fingerprint density at radius 3 is 3.08 bits per heavy atom. The molecule has 0 radical (unpaired) electrons. The number of halogens is 1. The zero-order chi connectivity index (χ0) is 8.81. The Bertz CT molecular complexity index is 227. The lowest BCUT2D eigenvalue weighted by Gasteiger charge is -2.00. The molecule has 0 aliphatic rings. The van der Waals surface area contributed by atoms with Gasteiger partial charge in [0.05, 0.1) is 11.6 Å². The Balaban J connectivity index is 2.15. The fraction of sp³-hybridized carbons (Fsp3) is 0.500. The van der Waals surface area contributed by atoms with Crippen LogP contribution in [0.1, 0.15) is 4.88 Å². The van der Waals surface area contributed by atoms with E-state index in [0.29, 0.717) is 0 Å². The van der Waals surface area contributed by atoms with Crippen molar-refractivity contribution in [3.8, 4) is 0 Å². The quantitative estimate of drug-likeness (QED) is 0.744. The summed E-state index contributed by atoms with van der Waals surface area (Å²) in [5.41, 5.74) is 0. The molecule has 0 aliphatic carbocycles. The molecule has 1 N–H and O–H groups in total. The van der Waals surface area contributed by atoms with Crippen molar-refractivity contribution in [2.75, 3.05) is 20.3 Å². The smallest absolute Gasteiger partial charge is 0.0587 e. The summed E-state index contributed by atoms with van der Waals surface area (Å²) in [6, 6.07) is 1.98. The van der Waals surface area contributed by atoms with E-state index < -0.39 is 0 Å². The number of nitrogens with one attached hydrogen (secondary N) is 1. The maximum absolute atomic E-state index is 5.76. The molecule has 0 saturated carbocycles. The predicted molar refractivity (Wildman–Crippen MR) is 52.9 cm³/mol. The molecule has 0 spiro atoms. The molecule has 1 aromatic heterocycles. The Hall–Kier alpha value is -0.0900. The number of hydrogen-bond acceptors (Lipinski definition) is 3. The van der Waals surface area contributed by atoms with E-state index in [1.165, 1.54) is 4.88 Å². The van der Waals surface area contributed by atoms with Gasteiger partial charge in [0.1, 0.15) is 0 Å². The molecular formula is C8H12ClNOS. The van der Waals surface area contributed by atoms with Crippen LogP contribution in [0.15, 0.2) is 11.4 Å². The molecule has 0 bridgehead atoms. The summed E-state index contributed by atoms with van der Waals surface area (Å²) in [4.78, 5) is 1.26. The Morgan fingerprint density at radius 1 is 1.67 bits per heavy atom. The normalized spacial score (nSPS) is 10.5. The second kappa shape index (κ2) is 5.54. The number of ether oxygens (including phenoxy) is 1. The van der Waals surface area contributed by atoms with Crippen molar-refractivity contribution in [2.45, 2.75) is 6.54 Å². The van der Waals surface area contributed by atoms with Crippen molar-refractivity contribution in [2.24, 2.45) is 0 Å². The van der Waals surface area contributed by atoms with Crippen LogP contribution >= 0.6 is 22.9 Å². The minimum absolute atomic E-state index is 0.749. The zero-order valence-electron chi connectivity index (χ0n) is 6.97. The van der Waals surface area contributed by atoms with Gasteiger partial charge in [-0.3, -0.25) is 0 Å². The highest BCUT2D eigenvalue weighted by molar-refractivity contribution is 7.10. The van der Waals surface area contributed by atoms with E-state index in [1.54, 1.807) is 18.4 Å². The van der Waals surface area contributed by atoms with Crippen LogP contribution < -0.4 is 5.32 Å². The van der Waals surface area contributed by atoms with E-state index in [-0.39, 0.29) is 0 Å². The van der Waals surface area contributed by atoms with Crippen molar-refractivity contribution >= 4 is 22.9 Å². The molecule has 0 aliphatic heterocycles. The van der Waals surface area contributed by atoms with Crippen molar-refractivity contribution in [3.63, 3.8) is 0 Å². The van der Waals surface area contributed by atoms with E-state index in [1.807, 2.05) is 11.4 Å². The van der Waals surface area contributed by atoms with Gasteiger partial charge >= 0.3 is 0 Å². The Morgan fingerprint density at radius 2 is 2.50 bits per heavy atom. The van der Waals surface area contributed by atoms with Crippen LogP contribution in [0, 0.1) is 0 Å². The van der Waals surface area contributed by atoms with E-state index in [0.717, 1.165) is 24.7 Å². The second-order valence-electron chi connectivity index (χ2n) is 2.40. The SMILES string of the molecule is COCCNCc1cc(Cl)cs1. The molecule has 68 valence electrons. The first kappa shape index (κ1) is 9.99. The lowest BCUT2D eigenvalue weighted by Crippen LogP contribution is -2.17. The standard InChI is InChI=1S/C8H12ClNOS/c1-11-3-2-10-5-8-4-7(9)6-12-8/h4,6,10H,2-3,5H2,1H3. The summed E-state index contributed by atoms with van der Waals surface area (Å²) < 4.78 is 4.90. The van der Waals surface area contributed by atoms with Gasteiger partial charge in [-0.1, -0.05) is 11.6 Å². The average Bonchev–Trinajstić information content (AvgIpc) is 2.45. The summed E-state index contributed by atoms with van der Waals surface area (Å²) >= 11 is 7.43. The number of methoxy groups -OCH3 is 1. The molecule has 0 atom stereocenters. The number of hydrogen-bond donors (Lipinski definition) is 1. The minimum atomic E-state index is 0.749. The largest absolute Gasteiger partial charge is 0.383 e. The molecule has 0 fully saturated rings. The molecular weight excluding hydrogens is 194 g/mol. The van der Waals surface area contributed by atoms with Gasteiger partial charge in [-0.05, 0) is 6.07 Å². The summed E-state index contributed by atoms with van der Waals surface area (Å²) in [7, 11) is 1.70. The number of thiophene rings is 1. The lowest BCUT2D eigenvalue weighted by atomic mass is 10.4. The van der Waals surface area contributed by atoms with Gasteiger partial charge in [-0.25, -0.2) is 0 Å². The first-order chi connectivity index (χ1) is 5.83. The van der Waals surface area contributed by atoms with Crippen LogP contribution in [0.2, 0.25) is 5.02 Å². The van der Waals surface area contributed by atoms with E-state index in [9.17, 15) is 0 Å². The van der Waals surface area contributed by atoms with Crippen LogP contribution in [0.4, 0.5) is 0 Å². The maximum Gasteiger partial charge on any atom is 0.0587 e. The predicted octanol–water partition coefficient (Wildman–Crippen LogP) is 2.14. The van der Waals surface area contributed by atoms with Gasteiger partial charge in [0.25, 0.3) is 0 Å². The second-order valence-corrected chi connectivity index (χ2v) is 3.83. The third kappa shape index (κ3) is 3.54. The fourth-order valence-electron chi connectivity index (χ4n) is 0.832. The molecule has 0 amide bonds. The summed E-state index contributed by atoms with van der Waals surface area (Å²) in [5.74, 6) is 0. The molecule has 1 heterocycles. The van der Waals surface area contributed by atoms with Crippen molar-refractivity contribution in [1.82, 2.24) is 5.32 Å². The van der Waals surface area contributed by atoms with Crippen LogP contribution in [0.5, 0.6) is 0 Å². The van der Waals surface area contributed by atoms with Crippen molar-refractivity contribution in [3.05, 3.63) is 21.3 Å².